The van der Waals surface area contributed by atoms with Gasteiger partial charge in [0.15, 0.2) is 17.5 Å². The van der Waals surface area contributed by atoms with E-state index in [4.69, 9.17) is 23.8 Å². The average Bonchev–Trinajstić information content (AvgIpc) is 4.03. The Morgan fingerprint density at radius 1 is 0.429 bits per heavy atom. The summed E-state index contributed by atoms with van der Waals surface area (Å²) >= 11 is 0. The normalized spacial score (nSPS) is 14.0. The minimum atomic E-state index is 0.427. The minimum absolute atomic E-state index is 0.427. The number of allylic oxidation sites excluding steroid dienone is 4. The van der Waals surface area contributed by atoms with Crippen molar-refractivity contribution in [2.24, 2.45) is 0 Å². The molecule has 6 nitrogen and oxygen atoms in total. The van der Waals surface area contributed by atoms with Crippen LogP contribution in [-0.2, 0) is 0 Å². The summed E-state index contributed by atoms with van der Waals surface area (Å²) in [5.41, 5.74) is 12.9. The summed E-state index contributed by atoms with van der Waals surface area (Å²) in [6.45, 7) is 0. The van der Waals surface area contributed by atoms with Gasteiger partial charge in [-0.3, -0.25) is 0 Å². The van der Waals surface area contributed by atoms with Crippen molar-refractivity contribution in [2.75, 3.05) is 0 Å². The third kappa shape index (κ3) is 5.83. The molecule has 0 aliphatic heterocycles. The fourth-order valence-corrected chi connectivity index (χ4v) is 9.53. The second-order valence-corrected chi connectivity index (χ2v) is 16.3. The van der Waals surface area contributed by atoms with Crippen molar-refractivity contribution < 1.29 is 8.83 Å². The van der Waals surface area contributed by atoms with Crippen LogP contribution in [0.4, 0.5) is 0 Å². The molecular formula is C57H36N4O2. The highest BCUT2D eigenvalue weighted by molar-refractivity contribution is 6.14. The van der Waals surface area contributed by atoms with Crippen LogP contribution in [0.1, 0.15) is 17.9 Å². The lowest BCUT2D eigenvalue weighted by Gasteiger charge is -2.14. The smallest absolute Gasteiger partial charge is 0.164 e. The third-order valence-corrected chi connectivity index (χ3v) is 12.6. The second kappa shape index (κ2) is 14.1. The Hall–Kier alpha value is -8.35. The summed E-state index contributed by atoms with van der Waals surface area (Å²) in [6, 6.07) is 61.5. The van der Waals surface area contributed by atoms with Crippen molar-refractivity contribution in [1.29, 1.82) is 0 Å². The molecule has 0 fully saturated rings. The number of fused-ring (bicyclic) bond motifs is 9. The maximum Gasteiger partial charge on any atom is 0.164 e. The van der Waals surface area contributed by atoms with Gasteiger partial charge in [0.05, 0.1) is 11.0 Å². The first-order chi connectivity index (χ1) is 31.2. The molecule has 6 heteroatoms. The molecular weight excluding hydrogens is 773 g/mol. The number of hydrogen-bond donors (Lipinski definition) is 0. The van der Waals surface area contributed by atoms with Crippen LogP contribution in [0.3, 0.4) is 0 Å². The van der Waals surface area contributed by atoms with Gasteiger partial charge in [-0.15, -0.1) is 0 Å². The topological polar surface area (TPSA) is 69.9 Å². The Labute approximate surface area is 361 Å². The molecule has 8 aromatic carbocycles. The summed E-state index contributed by atoms with van der Waals surface area (Å²) in [4.78, 5) is 15.4. The zero-order valence-electron chi connectivity index (χ0n) is 33.9. The Balaban J connectivity index is 0.956. The van der Waals surface area contributed by atoms with E-state index in [0.717, 1.165) is 83.7 Å². The average molecular weight is 809 g/mol. The van der Waals surface area contributed by atoms with E-state index in [9.17, 15) is 0 Å². The number of furan rings is 2. The van der Waals surface area contributed by atoms with E-state index >= 15 is 0 Å². The van der Waals surface area contributed by atoms with Crippen LogP contribution in [-0.4, -0.2) is 19.5 Å². The Kier molecular flexibility index (Phi) is 7.93. The van der Waals surface area contributed by atoms with Gasteiger partial charge >= 0.3 is 0 Å². The van der Waals surface area contributed by atoms with E-state index < -0.39 is 0 Å². The zero-order valence-corrected chi connectivity index (χ0v) is 33.9. The molecule has 1 aliphatic carbocycles. The van der Waals surface area contributed by atoms with Gasteiger partial charge in [0, 0.05) is 60.6 Å². The molecule has 4 aromatic heterocycles. The van der Waals surface area contributed by atoms with Crippen LogP contribution in [0.5, 0.6) is 0 Å². The first kappa shape index (κ1) is 35.4. The van der Waals surface area contributed by atoms with Crippen molar-refractivity contribution >= 4 is 65.7 Å². The van der Waals surface area contributed by atoms with Crippen molar-refractivity contribution in [1.82, 2.24) is 19.5 Å². The highest BCUT2D eigenvalue weighted by Gasteiger charge is 2.21. The Bertz CT molecular complexity index is 3830. The molecule has 0 saturated heterocycles. The SMILES string of the molecule is C1=CCC(c2ccc(-c3ccc4c(c3)c3ccccc3n4-c3ccc4oc5cccc(-c6nc(-c7ccccc7)nc(-c7ccc8c(c7)oc7ccccc78)n6)c5c4c3)cc2)C=C1. The van der Waals surface area contributed by atoms with Gasteiger partial charge in [0.2, 0.25) is 0 Å². The number of aromatic nitrogens is 4. The Morgan fingerprint density at radius 2 is 1.13 bits per heavy atom. The molecule has 1 atom stereocenters. The molecule has 63 heavy (non-hydrogen) atoms. The lowest BCUT2D eigenvalue weighted by Crippen LogP contribution is -2.00. The summed E-state index contributed by atoms with van der Waals surface area (Å²) < 4.78 is 15.2. The van der Waals surface area contributed by atoms with Crippen LogP contribution in [0.25, 0.3) is 117 Å². The summed E-state index contributed by atoms with van der Waals surface area (Å²) in [5, 5.41) is 6.47. The molecule has 0 amide bonds. The molecule has 0 bridgehead atoms. The van der Waals surface area contributed by atoms with Gasteiger partial charge < -0.3 is 13.4 Å². The number of nitrogens with zero attached hydrogens (tertiary/aromatic N) is 4. The van der Waals surface area contributed by atoms with Crippen LogP contribution < -0.4 is 0 Å². The van der Waals surface area contributed by atoms with E-state index in [1.807, 2.05) is 66.7 Å². The van der Waals surface area contributed by atoms with Gasteiger partial charge in [-0.25, -0.2) is 15.0 Å². The van der Waals surface area contributed by atoms with Gasteiger partial charge in [0.1, 0.15) is 22.3 Å². The quantitative estimate of drug-likeness (QED) is 0.167. The van der Waals surface area contributed by atoms with Gasteiger partial charge in [-0.2, -0.15) is 0 Å². The molecule has 1 unspecified atom stereocenters. The monoisotopic (exact) mass is 808 g/mol. The van der Waals surface area contributed by atoms with E-state index in [-0.39, 0.29) is 0 Å². The zero-order chi connectivity index (χ0) is 41.4. The first-order valence-corrected chi connectivity index (χ1v) is 21.4. The fraction of sp³-hybridized carbons (Fsp3) is 0.0351. The van der Waals surface area contributed by atoms with Crippen LogP contribution in [0.2, 0.25) is 0 Å². The Morgan fingerprint density at radius 3 is 2.00 bits per heavy atom. The second-order valence-electron chi connectivity index (χ2n) is 16.3. The van der Waals surface area contributed by atoms with E-state index in [1.54, 1.807) is 0 Å². The third-order valence-electron chi connectivity index (χ3n) is 12.6. The van der Waals surface area contributed by atoms with Crippen molar-refractivity contribution in [3.05, 3.63) is 206 Å². The van der Waals surface area contributed by atoms with E-state index in [2.05, 4.69) is 138 Å². The van der Waals surface area contributed by atoms with Gasteiger partial charge in [0.25, 0.3) is 0 Å². The summed E-state index contributed by atoms with van der Waals surface area (Å²) in [5.74, 6) is 2.14. The molecule has 12 aromatic rings. The number of rotatable bonds is 6. The lowest BCUT2D eigenvalue weighted by atomic mass is 9.91. The standard InChI is InChI=1S/C57H36N4O2/c1-3-12-35(13-4-1)36-22-24-37(25-23-36)39-27-30-49-46(32-39)42-16-7-9-19-48(42)61(49)41-28-31-51-47(34-41)54-45(18-11-21-52(54)62-51)57-59-55(38-14-5-2-6-15-38)58-56(60-57)40-26-29-44-43-17-8-10-20-50(43)63-53(44)33-40/h1-12,14-35H,13H2. The molecule has 0 radical (unpaired) electrons. The maximum absolute atomic E-state index is 6.58. The molecule has 0 N–H and O–H groups in total. The predicted octanol–water partition coefficient (Wildman–Crippen LogP) is 15.0. The molecule has 1 aliphatic rings. The summed E-state index contributed by atoms with van der Waals surface area (Å²) in [7, 11) is 0. The molecule has 0 saturated carbocycles. The van der Waals surface area contributed by atoms with Crippen LogP contribution >= 0.6 is 0 Å². The van der Waals surface area contributed by atoms with Crippen LogP contribution in [0.15, 0.2) is 209 Å². The highest BCUT2D eigenvalue weighted by Crippen LogP contribution is 2.41. The molecule has 4 heterocycles. The number of benzene rings is 8. The molecule has 296 valence electrons. The van der Waals surface area contributed by atoms with Crippen molar-refractivity contribution in [3.8, 4) is 51.0 Å². The minimum Gasteiger partial charge on any atom is -0.456 e. The predicted molar refractivity (Wildman–Crippen MR) is 256 cm³/mol. The van der Waals surface area contributed by atoms with Crippen molar-refractivity contribution in [3.63, 3.8) is 0 Å². The van der Waals surface area contributed by atoms with E-state index in [1.165, 1.54) is 27.5 Å². The van der Waals surface area contributed by atoms with E-state index in [0.29, 0.717) is 23.4 Å². The van der Waals surface area contributed by atoms with Gasteiger partial charge in [-0.05, 0) is 83.8 Å². The van der Waals surface area contributed by atoms with Crippen LogP contribution in [0, 0.1) is 0 Å². The number of para-hydroxylation sites is 2. The number of hydrogen-bond acceptors (Lipinski definition) is 5. The van der Waals surface area contributed by atoms with Crippen molar-refractivity contribution in [2.45, 2.75) is 12.3 Å². The lowest BCUT2D eigenvalue weighted by molar-refractivity contribution is 0.668. The fourth-order valence-electron chi connectivity index (χ4n) is 9.53. The molecule has 0 spiro atoms. The summed E-state index contributed by atoms with van der Waals surface area (Å²) in [6.07, 6.45) is 9.85. The maximum atomic E-state index is 6.58. The first-order valence-electron chi connectivity index (χ1n) is 21.4. The van der Waals surface area contributed by atoms with Gasteiger partial charge in [-0.1, -0.05) is 140 Å². The highest BCUT2D eigenvalue weighted by atomic mass is 16.3. The molecule has 13 rings (SSSR count). The largest absolute Gasteiger partial charge is 0.456 e.